The van der Waals surface area contributed by atoms with Crippen molar-refractivity contribution in [3.8, 4) is 5.75 Å². The van der Waals surface area contributed by atoms with Crippen molar-refractivity contribution in [1.82, 2.24) is 10.3 Å². The fourth-order valence-corrected chi connectivity index (χ4v) is 2.73. The molecule has 3 aromatic rings. The molecule has 1 aromatic heterocycles. The van der Waals surface area contributed by atoms with Gasteiger partial charge in [-0.15, -0.1) is 0 Å². The fourth-order valence-electron chi connectivity index (χ4n) is 2.22. The van der Waals surface area contributed by atoms with Crippen LogP contribution >= 0.6 is 34.8 Å². The van der Waals surface area contributed by atoms with Crippen molar-refractivity contribution in [2.24, 2.45) is 0 Å². The van der Waals surface area contributed by atoms with Gasteiger partial charge in [0.05, 0.1) is 0 Å². The number of halogens is 1. The number of nitrogens with zero attached hydrogens (tertiary/aromatic N) is 1. The summed E-state index contributed by atoms with van der Waals surface area (Å²) in [6, 6.07) is 20.5. The summed E-state index contributed by atoms with van der Waals surface area (Å²) in [6.07, 6.45) is 1.71. The van der Waals surface area contributed by atoms with Gasteiger partial charge in [0.1, 0.15) is 18.2 Å². The number of aromatic nitrogens is 1. The molecule has 0 bridgehead atoms. The van der Waals surface area contributed by atoms with Crippen molar-refractivity contribution < 1.29 is 9.53 Å². The van der Waals surface area contributed by atoms with Gasteiger partial charge in [-0.1, -0.05) is 30.3 Å². The molecule has 0 atom stereocenters. The minimum Gasteiger partial charge on any atom is -0.489 e. The van der Waals surface area contributed by atoms with Crippen LogP contribution in [0.1, 0.15) is 15.9 Å². The van der Waals surface area contributed by atoms with Crippen LogP contribution in [0.25, 0.3) is 0 Å². The van der Waals surface area contributed by atoms with Gasteiger partial charge in [0.25, 0.3) is 5.91 Å². The van der Waals surface area contributed by atoms with Gasteiger partial charge in [0.15, 0.2) is 5.11 Å². The molecule has 0 unspecified atom stereocenters. The van der Waals surface area contributed by atoms with Gasteiger partial charge in [-0.3, -0.25) is 10.1 Å². The Morgan fingerprint density at radius 1 is 1.04 bits per heavy atom. The summed E-state index contributed by atoms with van der Waals surface area (Å²) in [6.45, 7) is 0.476. The van der Waals surface area contributed by atoms with Gasteiger partial charge in [0.2, 0.25) is 0 Å². The zero-order valence-corrected chi connectivity index (χ0v) is 17.2. The number of hydrogen-bond donors (Lipinski definition) is 2. The molecule has 1 heterocycles. The molecular weight excluding hydrogens is 473 g/mol. The molecule has 5 nitrogen and oxygen atoms in total. The SMILES string of the molecule is O=C(NC(=S)Nc1ccc(I)cn1)c1ccc(OCc2ccccc2)cc1. The Morgan fingerprint density at radius 2 is 1.78 bits per heavy atom. The number of amides is 1. The Morgan fingerprint density at radius 3 is 2.44 bits per heavy atom. The predicted octanol–water partition coefficient (Wildman–Crippen LogP) is 4.39. The Hall–Kier alpha value is -2.52. The lowest BCUT2D eigenvalue weighted by Gasteiger charge is -2.10. The van der Waals surface area contributed by atoms with E-state index in [2.05, 4.69) is 38.2 Å². The van der Waals surface area contributed by atoms with E-state index in [0.29, 0.717) is 23.7 Å². The average molecular weight is 489 g/mol. The highest BCUT2D eigenvalue weighted by Crippen LogP contribution is 2.14. The lowest BCUT2D eigenvalue weighted by molar-refractivity contribution is 0.0977. The van der Waals surface area contributed by atoms with Crippen LogP contribution in [0.3, 0.4) is 0 Å². The third kappa shape index (κ3) is 6.00. The number of hydrogen-bond acceptors (Lipinski definition) is 4. The van der Waals surface area contributed by atoms with Crippen LogP contribution in [0.5, 0.6) is 5.75 Å². The Balaban J connectivity index is 1.52. The van der Waals surface area contributed by atoms with E-state index in [1.54, 1.807) is 36.5 Å². The van der Waals surface area contributed by atoms with Gasteiger partial charge < -0.3 is 10.1 Å². The number of carbonyl (C=O) groups excluding carboxylic acids is 1. The van der Waals surface area contributed by atoms with E-state index in [0.717, 1.165) is 9.13 Å². The lowest BCUT2D eigenvalue weighted by Crippen LogP contribution is -2.34. The molecule has 0 aliphatic carbocycles. The van der Waals surface area contributed by atoms with E-state index in [1.165, 1.54) is 0 Å². The standard InChI is InChI=1S/C20H16IN3O2S/c21-16-8-11-18(22-12-16)23-20(27)24-19(25)15-6-9-17(10-7-15)26-13-14-4-2-1-3-5-14/h1-12H,13H2,(H2,22,23,24,25,27). The molecule has 7 heteroatoms. The Bertz CT molecular complexity index is 916. The number of carbonyl (C=O) groups is 1. The second-order valence-electron chi connectivity index (χ2n) is 5.57. The minimum absolute atomic E-state index is 0.193. The van der Waals surface area contributed by atoms with Gasteiger partial charge in [-0.25, -0.2) is 4.98 Å². The van der Waals surface area contributed by atoms with Gasteiger partial charge >= 0.3 is 0 Å². The smallest absolute Gasteiger partial charge is 0.257 e. The van der Waals surface area contributed by atoms with Crippen LogP contribution in [0.4, 0.5) is 5.82 Å². The van der Waals surface area contributed by atoms with E-state index in [-0.39, 0.29) is 11.0 Å². The number of ether oxygens (including phenoxy) is 1. The van der Waals surface area contributed by atoms with Crippen molar-refractivity contribution >= 4 is 51.6 Å². The molecule has 0 saturated heterocycles. The molecule has 3 rings (SSSR count). The molecule has 0 aliphatic rings. The highest BCUT2D eigenvalue weighted by Gasteiger charge is 2.09. The molecular formula is C20H16IN3O2S. The zero-order chi connectivity index (χ0) is 19.1. The van der Waals surface area contributed by atoms with Crippen LogP contribution in [-0.4, -0.2) is 16.0 Å². The van der Waals surface area contributed by atoms with Crippen molar-refractivity contribution in [3.63, 3.8) is 0 Å². The number of nitrogens with one attached hydrogen (secondary N) is 2. The van der Waals surface area contributed by atoms with Gasteiger partial charge in [-0.05, 0) is 76.8 Å². The molecule has 0 saturated carbocycles. The first-order valence-corrected chi connectivity index (χ1v) is 9.59. The molecule has 2 aromatic carbocycles. The summed E-state index contributed by atoms with van der Waals surface area (Å²) in [5.74, 6) is 0.970. The zero-order valence-electron chi connectivity index (χ0n) is 14.2. The Kier molecular flexibility index (Phi) is 6.72. The maximum absolute atomic E-state index is 12.3. The second kappa shape index (κ2) is 9.43. The first-order valence-electron chi connectivity index (χ1n) is 8.11. The summed E-state index contributed by atoms with van der Waals surface area (Å²) in [5, 5.41) is 5.71. The second-order valence-corrected chi connectivity index (χ2v) is 7.22. The number of thiocarbonyl (C=S) groups is 1. The normalized spacial score (nSPS) is 10.1. The highest BCUT2D eigenvalue weighted by molar-refractivity contribution is 14.1. The van der Waals surface area contributed by atoms with Crippen molar-refractivity contribution in [3.05, 3.63) is 87.6 Å². The predicted molar refractivity (Wildman–Crippen MR) is 118 cm³/mol. The van der Waals surface area contributed by atoms with Crippen LogP contribution in [0, 0.1) is 3.57 Å². The van der Waals surface area contributed by atoms with Crippen LogP contribution < -0.4 is 15.4 Å². The van der Waals surface area contributed by atoms with Crippen LogP contribution in [0.15, 0.2) is 72.9 Å². The third-order valence-corrected chi connectivity index (χ3v) is 4.40. The van der Waals surface area contributed by atoms with E-state index in [9.17, 15) is 4.79 Å². The van der Waals surface area contributed by atoms with Crippen molar-refractivity contribution in [2.45, 2.75) is 6.61 Å². The molecule has 136 valence electrons. The number of benzene rings is 2. The monoisotopic (exact) mass is 489 g/mol. The Labute approximate surface area is 176 Å². The van der Waals surface area contributed by atoms with E-state index in [4.69, 9.17) is 17.0 Å². The molecule has 0 spiro atoms. The molecule has 27 heavy (non-hydrogen) atoms. The van der Waals surface area contributed by atoms with Crippen molar-refractivity contribution in [1.29, 1.82) is 0 Å². The van der Waals surface area contributed by atoms with E-state index < -0.39 is 0 Å². The summed E-state index contributed by atoms with van der Waals surface area (Å²) < 4.78 is 6.73. The maximum atomic E-state index is 12.3. The number of anilines is 1. The van der Waals surface area contributed by atoms with Crippen molar-refractivity contribution in [2.75, 3.05) is 5.32 Å². The highest BCUT2D eigenvalue weighted by atomic mass is 127. The third-order valence-electron chi connectivity index (χ3n) is 3.56. The first-order chi connectivity index (χ1) is 13.1. The minimum atomic E-state index is -0.298. The number of rotatable bonds is 5. The quantitative estimate of drug-likeness (QED) is 0.411. The maximum Gasteiger partial charge on any atom is 0.257 e. The summed E-state index contributed by atoms with van der Waals surface area (Å²) in [4.78, 5) is 16.5. The largest absolute Gasteiger partial charge is 0.489 e. The lowest BCUT2D eigenvalue weighted by atomic mass is 10.2. The fraction of sp³-hybridized carbons (Fsp3) is 0.0500. The average Bonchev–Trinajstić information content (AvgIpc) is 2.69. The molecule has 2 N–H and O–H groups in total. The van der Waals surface area contributed by atoms with Crippen LogP contribution in [0.2, 0.25) is 0 Å². The van der Waals surface area contributed by atoms with E-state index in [1.807, 2.05) is 36.4 Å². The van der Waals surface area contributed by atoms with E-state index >= 15 is 0 Å². The summed E-state index contributed by atoms with van der Waals surface area (Å²) in [5.41, 5.74) is 1.57. The summed E-state index contributed by atoms with van der Waals surface area (Å²) in [7, 11) is 0. The first kappa shape index (κ1) is 19.2. The molecule has 0 fully saturated rings. The van der Waals surface area contributed by atoms with Gasteiger partial charge in [0, 0.05) is 15.3 Å². The number of pyridine rings is 1. The molecule has 0 aliphatic heterocycles. The molecule has 0 radical (unpaired) electrons. The van der Waals surface area contributed by atoms with Crippen LogP contribution in [-0.2, 0) is 6.61 Å². The van der Waals surface area contributed by atoms with Gasteiger partial charge in [-0.2, -0.15) is 0 Å². The summed E-state index contributed by atoms with van der Waals surface area (Å²) >= 11 is 7.32. The topological polar surface area (TPSA) is 63.2 Å². The molecule has 1 amide bonds.